The molecule has 2 amide bonds. The van der Waals surface area contributed by atoms with E-state index in [1.165, 1.54) is 16.2 Å². The first-order chi connectivity index (χ1) is 19.1. The van der Waals surface area contributed by atoms with E-state index in [2.05, 4.69) is 15.5 Å². The first-order valence-electron chi connectivity index (χ1n) is 12.8. The number of amides is 2. The van der Waals surface area contributed by atoms with Crippen molar-refractivity contribution in [2.24, 2.45) is 5.41 Å². The number of para-hydroxylation sites is 1. The zero-order chi connectivity index (χ0) is 28.1. The van der Waals surface area contributed by atoms with Crippen LogP contribution < -0.4 is 10.1 Å². The summed E-state index contributed by atoms with van der Waals surface area (Å²) in [5, 5.41) is 11.0. The number of likely N-dealkylation sites (tertiary alicyclic amines) is 1. The van der Waals surface area contributed by atoms with Crippen molar-refractivity contribution in [3.05, 3.63) is 82.9 Å². The van der Waals surface area contributed by atoms with Crippen molar-refractivity contribution < 1.29 is 23.1 Å². The number of anilines is 1. The Bertz CT molecular complexity index is 1590. The largest absolute Gasteiger partial charge is 0.438 e. The van der Waals surface area contributed by atoms with Crippen molar-refractivity contribution in [1.29, 1.82) is 0 Å². The van der Waals surface area contributed by atoms with Crippen molar-refractivity contribution in [3.8, 4) is 22.9 Å². The standard InChI is InChI=1S/C29H25F2N5O3S/c1-28(2,26(38)34-27-35-32-16-40-27)23-19-5-3-4-6-22(19)39-24-20(23)11-12-21(33-24)17-7-9-18(10-8-17)25(37)36-14-13-29(30,31)15-36/h3-12,16,23H,13-15H2,1-2H3,(H,34,35,38)/t23-/m0/s1. The Kier molecular flexibility index (Phi) is 6.33. The monoisotopic (exact) mass is 561 g/mol. The zero-order valence-corrected chi connectivity index (χ0v) is 22.5. The van der Waals surface area contributed by atoms with Crippen molar-refractivity contribution >= 4 is 28.3 Å². The summed E-state index contributed by atoms with van der Waals surface area (Å²) < 4.78 is 33.4. The topological polar surface area (TPSA) is 97.3 Å². The molecule has 0 saturated carbocycles. The number of rotatable bonds is 5. The number of nitrogens with zero attached hydrogens (tertiary/aromatic N) is 4. The molecule has 1 saturated heterocycles. The van der Waals surface area contributed by atoms with Gasteiger partial charge in [0.1, 0.15) is 11.3 Å². The van der Waals surface area contributed by atoms with Crippen molar-refractivity contribution in [2.45, 2.75) is 32.1 Å². The molecule has 0 bridgehead atoms. The highest BCUT2D eigenvalue weighted by molar-refractivity contribution is 7.13. The molecule has 1 fully saturated rings. The average molecular weight is 562 g/mol. The van der Waals surface area contributed by atoms with Gasteiger partial charge in [-0.15, -0.1) is 10.2 Å². The summed E-state index contributed by atoms with van der Waals surface area (Å²) in [5.41, 5.74) is 3.98. The normalized spacial score (nSPS) is 17.5. The third kappa shape index (κ3) is 4.70. The number of hydrogen-bond donors (Lipinski definition) is 1. The molecular weight excluding hydrogens is 536 g/mol. The van der Waals surface area contributed by atoms with Gasteiger partial charge in [-0.2, -0.15) is 0 Å². The van der Waals surface area contributed by atoms with E-state index >= 15 is 0 Å². The highest BCUT2D eigenvalue weighted by Crippen LogP contribution is 2.52. The van der Waals surface area contributed by atoms with E-state index in [1.54, 1.807) is 29.8 Å². The molecule has 8 nitrogen and oxygen atoms in total. The molecule has 2 aliphatic rings. The lowest BCUT2D eigenvalue weighted by Crippen LogP contribution is -2.38. The molecule has 1 atom stereocenters. The van der Waals surface area contributed by atoms with Gasteiger partial charge in [0, 0.05) is 41.1 Å². The average Bonchev–Trinajstić information content (AvgIpc) is 3.59. The molecule has 0 spiro atoms. The summed E-state index contributed by atoms with van der Waals surface area (Å²) >= 11 is 1.25. The molecule has 2 aromatic heterocycles. The molecule has 1 N–H and O–H groups in total. The molecule has 6 rings (SSSR count). The van der Waals surface area contributed by atoms with Crippen LogP contribution in [0.4, 0.5) is 13.9 Å². The number of nitrogens with one attached hydrogen (secondary N) is 1. The Morgan fingerprint density at radius 2 is 1.85 bits per heavy atom. The number of ether oxygens (including phenoxy) is 1. The highest BCUT2D eigenvalue weighted by Gasteiger charge is 2.44. The Hall–Kier alpha value is -4.25. The molecule has 0 unspecified atom stereocenters. The fraction of sp³-hybridized carbons (Fsp3) is 0.276. The molecule has 0 radical (unpaired) electrons. The van der Waals surface area contributed by atoms with E-state index in [-0.39, 0.29) is 24.8 Å². The van der Waals surface area contributed by atoms with Gasteiger partial charge in [-0.1, -0.05) is 61.6 Å². The Balaban J connectivity index is 1.30. The second kappa shape index (κ2) is 9.74. The van der Waals surface area contributed by atoms with Gasteiger partial charge in [0.25, 0.3) is 11.8 Å². The van der Waals surface area contributed by atoms with Crippen LogP contribution in [0.25, 0.3) is 11.3 Å². The van der Waals surface area contributed by atoms with Crippen LogP contribution in [0.2, 0.25) is 0 Å². The van der Waals surface area contributed by atoms with Crippen LogP contribution in [0.5, 0.6) is 11.6 Å². The van der Waals surface area contributed by atoms with Crippen molar-refractivity contribution in [3.63, 3.8) is 0 Å². The lowest BCUT2D eigenvalue weighted by Gasteiger charge is -2.37. The lowest BCUT2D eigenvalue weighted by molar-refractivity contribution is -0.124. The SMILES string of the molecule is CC(C)(C(=O)Nc1nncs1)[C@H]1c2ccccc2Oc2nc(-c3ccc(C(=O)N4CCC(F)(F)C4)cc3)ccc21. The van der Waals surface area contributed by atoms with Gasteiger partial charge in [-0.05, 0) is 24.3 Å². The van der Waals surface area contributed by atoms with Gasteiger partial charge in [-0.25, -0.2) is 13.8 Å². The maximum Gasteiger partial charge on any atom is 0.267 e. The molecule has 0 aliphatic carbocycles. The van der Waals surface area contributed by atoms with Gasteiger partial charge in [0.2, 0.25) is 16.9 Å². The van der Waals surface area contributed by atoms with E-state index in [0.29, 0.717) is 28.0 Å². The zero-order valence-electron chi connectivity index (χ0n) is 21.7. The number of alkyl halides is 2. The fourth-order valence-electron chi connectivity index (χ4n) is 5.27. The van der Waals surface area contributed by atoms with Crippen LogP contribution in [0.1, 0.15) is 47.7 Å². The van der Waals surface area contributed by atoms with Gasteiger partial charge >= 0.3 is 0 Å². The molecule has 2 aliphatic heterocycles. The summed E-state index contributed by atoms with van der Waals surface area (Å²) in [5.74, 6) is -2.83. The van der Waals surface area contributed by atoms with Crippen LogP contribution in [-0.4, -0.2) is 50.9 Å². The van der Waals surface area contributed by atoms with E-state index in [9.17, 15) is 18.4 Å². The quantitative estimate of drug-likeness (QED) is 0.322. The van der Waals surface area contributed by atoms with Crippen molar-refractivity contribution in [2.75, 3.05) is 18.4 Å². The number of benzene rings is 2. The highest BCUT2D eigenvalue weighted by atomic mass is 32.1. The van der Waals surface area contributed by atoms with Gasteiger partial charge in [-0.3, -0.25) is 9.59 Å². The van der Waals surface area contributed by atoms with Crippen LogP contribution >= 0.6 is 11.3 Å². The Morgan fingerprint density at radius 1 is 1.07 bits per heavy atom. The predicted octanol–water partition coefficient (Wildman–Crippen LogP) is 5.98. The fourth-order valence-corrected chi connectivity index (χ4v) is 5.71. The van der Waals surface area contributed by atoms with Gasteiger partial charge < -0.3 is 15.0 Å². The first-order valence-corrected chi connectivity index (χ1v) is 13.6. The second-order valence-electron chi connectivity index (χ2n) is 10.5. The minimum absolute atomic E-state index is 0.0367. The summed E-state index contributed by atoms with van der Waals surface area (Å²) in [7, 11) is 0. The number of aromatic nitrogens is 3. The minimum Gasteiger partial charge on any atom is -0.438 e. The van der Waals surface area contributed by atoms with Crippen LogP contribution in [0, 0.1) is 5.41 Å². The summed E-state index contributed by atoms with van der Waals surface area (Å²) in [6, 6.07) is 18.0. The van der Waals surface area contributed by atoms with E-state index in [1.807, 2.05) is 50.2 Å². The van der Waals surface area contributed by atoms with Crippen LogP contribution in [0.3, 0.4) is 0 Å². The summed E-state index contributed by atoms with van der Waals surface area (Å²) in [6.45, 7) is 3.23. The summed E-state index contributed by atoms with van der Waals surface area (Å²) in [6.07, 6.45) is -0.319. The lowest BCUT2D eigenvalue weighted by atomic mass is 9.69. The molecular formula is C29H25F2N5O3S. The van der Waals surface area contributed by atoms with Crippen LogP contribution in [0.15, 0.2) is 66.2 Å². The third-order valence-corrected chi connectivity index (χ3v) is 8.02. The third-order valence-electron chi connectivity index (χ3n) is 7.41. The second-order valence-corrected chi connectivity index (χ2v) is 11.3. The van der Waals surface area contributed by atoms with Gasteiger partial charge in [0.15, 0.2) is 0 Å². The maximum atomic E-state index is 13.6. The van der Waals surface area contributed by atoms with Crippen molar-refractivity contribution in [1.82, 2.24) is 20.1 Å². The molecule has 2 aromatic carbocycles. The molecule has 11 heteroatoms. The summed E-state index contributed by atoms with van der Waals surface area (Å²) in [4.78, 5) is 32.1. The first kappa shape index (κ1) is 26.0. The number of carbonyl (C=O) groups is 2. The van der Waals surface area contributed by atoms with E-state index in [0.717, 1.165) is 16.7 Å². The Labute approximate surface area is 233 Å². The predicted molar refractivity (Wildman–Crippen MR) is 146 cm³/mol. The molecule has 204 valence electrons. The number of carbonyl (C=O) groups excluding carboxylic acids is 2. The van der Waals surface area contributed by atoms with Crippen LogP contribution in [-0.2, 0) is 4.79 Å². The molecule has 4 aromatic rings. The smallest absolute Gasteiger partial charge is 0.267 e. The maximum absolute atomic E-state index is 13.6. The minimum atomic E-state index is -2.84. The molecule has 4 heterocycles. The number of fused-ring (bicyclic) bond motifs is 2. The number of hydrogen-bond acceptors (Lipinski definition) is 7. The number of pyridine rings is 1. The number of halogens is 2. The van der Waals surface area contributed by atoms with E-state index < -0.39 is 23.8 Å². The molecule has 40 heavy (non-hydrogen) atoms. The van der Waals surface area contributed by atoms with Gasteiger partial charge in [0.05, 0.1) is 17.7 Å². The van der Waals surface area contributed by atoms with E-state index in [4.69, 9.17) is 9.72 Å². The Morgan fingerprint density at radius 3 is 2.55 bits per heavy atom.